The van der Waals surface area contributed by atoms with Crippen molar-refractivity contribution in [2.24, 2.45) is 0 Å². The van der Waals surface area contributed by atoms with Crippen LogP contribution in [0.1, 0.15) is 30.5 Å². The average molecular weight is 362 g/mol. The van der Waals surface area contributed by atoms with Crippen molar-refractivity contribution in [3.8, 4) is 28.7 Å². The molecule has 0 N–H and O–H groups in total. The van der Waals surface area contributed by atoms with Gasteiger partial charge in [0.05, 0.1) is 12.2 Å². The Hall–Kier alpha value is -3.12. The van der Waals surface area contributed by atoms with Gasteiger partial charge >= 0.3 is 0 Å². The zero-order valence-electron chi connectivity index (χ0n) is 15.4. The number of aryl methyl sites for hydroxylation is 1. The van der Waals surface area contributed by atoms with Gasteiger partial charge in [-0.2, -0.15) is 4.39 Å². The number of rotatable bonds is 4. The second-order valence-corrected chi connectivity index (χ2v) is 6.05. The number of hydrogen-bond donors (Lipinski definition) is 0. The van der Waals surface area contributed by atoms with Gasteiger partial charge < -0.3 is 4.74 Å². The lowest BCUT2D eigenvalue weighted by Gasteiger charge is -2.05. The number of ether oxygens (including phenoxy) is 1. The quantitative estimate of drug-likeness (QED) is 0.518. The molecule has 0 aliphatic heterocycles. The van der Waals surface area contributed by atoms with E-state index in [4.69, 9.17) is 4.74 Å². The Balaban J connectivity index is 1.80. The Labute approximate surface area is 158 Å². The van der Waals surface area contributed by atoms with Gasteiger partial charge in [0.2, 0.25) is 5.82 Å². The summed E-state index contributed by atoms with van der Waals surface area (Å²) in [5.74, 6) is 3.48. The van der Waals surface area contributed by atoms with E-state index >= 15 is 0 Å². The molecule has 0 amide bonds. The molecule has 0 aromatic heterocycles. The van der Waals surface area contributed by atoms with Gasteiger partial charge in [0, 0.05) is 5.56 Å². The molecule has 0 atom stereocenters. The van der Waals surface area contributed by atoms with Crippen molar-refractivity contribution in [2.45, 2.75) is 20.3 Å². The molecule has 0 bridgehead atoms. The normalized spacial score (nSPS) is 10.2. The highest BCUT2D eigenvalue weighted by atomic mass is 19.2. The van der Waals surface area contributed by atoms with Gasteiger partial charge in [0.25, 0.3) is 0 Å². The van der Waals surface area contributed by atoms with Gasteiger partial charge in [0.15, 0.2) is 11.6 Å². The molecule has 0 spiro atoms. The van der Waals surface area contributed by atoms with Crippen molar-refractivity contribution in [1.82, 2.24) is 0 Å². The fraction of sp³-hybridized carbons (Fsp3) is 0.167. The summed E-state index contributed by atoms with van der Waals surface area (Å²) in [7, 11) is 0. The van der Waals surface area contributed by atoms with Crippen LogP contribution >= 0.6 is 0 Å². The van der Waals surface area contributed by atoms with Crippen LogP contribution in [0.4, 0.5) is 8.78 Å². The lowest BCUT2D eigenvalue weighted by molar-refractivity contribution is 0.314. The smallest absolute Gasteiger partial charge is 0.201 e. The Bertz CT molecular complexity index is 978. The van der Waals surface area contributed by atoms with Gasteiger partial charge in [-0.25, -0.2) is 4.39 Å². The van der Waals surface area contributed by atoms with Crippen molar-refractivity contribution in [2.75, 3.05) is 6.61 Å². The van der Waals surface area contributed by atoms with E-state index in [0.717, 1.165) is 23.1 Å². The number of hydrogen-bond acceptors (Lipinski definition) is 1. The van der Waals surface area contributed by atoms with Gasteiger partial charge in [-0.1, -0.05) is 55.2 Å². The van der Waals surface area contributed by atoms with E-state index < -0.39 is 11.6 Å². The van der Waals surface area contributed by atoms with Crippen molar-refractivity contribution < 1.29 is 13.5 Å². The van der Waals surface area contributed by atoms with Gasteiger partial charge in [0.1, 0.15) is 0 Å². The molecule has 0 saturated heterocycles. The van der Waals surface area contributed by atoms with Crippen molar-refractivity contribution >= 4 is 0 Å². The lowest BCUT2D eigenvalue weighted by atomic mass is 10.0. The van der Waals surface area contributed by atoms with Crippen LogP contribution in [0.5, 0.6) is 5.75 Å². The summed E-state index contributed by atoms with van der Waals surface area (Å²) in [4.78, 5) is 0. The second kappa shape index (κ2) is 8.51. The molecule has 3 heteroatoms. The fourth-order valence-electron chi connectivity index (χ4n) is 2.71. The SMILES string of the molecule is CCOc1ccc(C#Cc2ccc(-c3ccc(CC)cc3)cc2)c(F)c1F. The van der Waals surface area contributed by atoms with Crippen LogP contribution in [0.2, 0.25) is 0 Å². The number of halogens is 2. The molecule has 1 nitrogen and oxygen atoms in total. The Morgan fingerprint density at radius 2 is 1.37 bits per heavy atom. The standard InChI is InChI=1S/C24H20F2O/c1-3-17-5-10-19(11-6-17)20-12-7-18(8-13-20)9-14-21-15-16-22(27-4-2)24(26)23(21)25/h5-8,10-13,15-16H,3-4H2,1-2H3. The third kappa shape index (κ3) is 4.35. The van der Waals surface area contributed by atoms with Crippen LogP contribution in [0.15, 0.2) is 60.7 Å². The summed E-state index contributed by atoms with van der Waals surface area (Å²) in [5.41, 5.74) is 4.26. The summed E-state index contributed by atoms with van der Waals surface area (Å²) < 4.78 is 33.0. The summed E-state index contributed by atoms with van der Waals surface area (Å²) in [6.07, 6.45) is 1.01. The fourth-order valence-corrected chi connectivity index (χ4v) is 2.71. The highest BCUT2D eigenvalue weighted by Gasteiger charge is 2.12. The highest BCUT2D eigenvalue weighted by molar-refractivity contribution is 5.64. The minimum atomic E-state index is -1.01. The lowest BCUT2D eigenvalue weighted by Crippen LogP contribution is -1.98. The highest BCUT2D eigenvalue weighted by Crippen LogP contribution is 2.23. The van der Waals surface area contributed by atoms with E-state index in [1.54, 1.807) is 6.92 Å². The van der Waals surface area contributed by atoms with Crippen molar-refractivity contribution in [1.29, 1.82) is 0 Å². The van der Waals surface area contributed by atoms with Crippen LogP contribution < -0.4 is 4.74 Å². The minimum absolute atomic E-state index is 0.00943. The molecule has 3 aromatic carbocycles. The minimum Gasteiger partial charge on any atom is -0.491 e. The zero-order valence-corrected chi connectivity index (χ0v) is 15.4. The molecular formula is C24H20F2O. The third-order valence-electron chi connectivity index (χ3n) is 4.27. The molecule has 0 heterocycles. The molecule has 3 aromatic rings. The van der Waals surface area contributed by atoms with Crippen LogP contribution in [0.25, 0.3) is 11.1 Å². The van der Waals surface area contributed by atoms with Crippen LogP contribution in [-0.2, 0) is 6.42 Å². The molecule has 0 aliphatic carbocycles. The first-order valence-electron chi connectivity index (χ1n) is 8.94. The van der Waals surface area contributed by atoms with Crippen molar-refractivity contribution in [3.05, 3.63) is 89.0 Å². The van der Waals surface area contributed by atoms with Crippen LogP contribution in [0, 0.1) is 23.5 Å². The van der Waals surface area contributed by atoms with E-state index in [2.05, 4.69) is 43.0 Å². The third-order valence-corrected chi connectivity index (χ3v) is 4.27. The first-order valence-corrected chi connectivity index (χ1v) is 8.94. The predicted octanol–water partition coefficient (Wildman–Crippen LogP) is 5.99. The topological polar surface area (TPSA) is 9.23 Å². The molecule has 0 unspecified atom stereocenters. The average Bonchev–Trinajstić information content (AvgIpc) is 2.71. The zero-order chi connectivity index (χ0) is 19.2. The molecule has 136 valence electrons. The van der Waals surface area contributed by atoms with Crippen LogP contribution in [0.3, 0.4) is 0 Å². The molecule has 0 aliphatic rings. The Morgan fingerprint density at radius 3 is 1.96 bits per heavy atom. The van der Waals surface area contributed by atoms with E-state index in [1.165, 1.54) is 17.7 Å². The van der Waals surface area contributed by atoms with Gasteiger partial charge in [-0.15, -0.1) is 0 Å². The summed E-state index contributed by atoms with van der Waals surface area (Å²) in [6, 6.07) is 18.9. The van der Waals surface area contributed by atoms with E-state index in [-0.39, 0.29) is 17.9 Å². The first kappa shape index (κ1) is 18.7. The van der Waals surface area contributed by atoms with E-state index in [9.17, 15) is 8.78 Å². The molecule has 0 fully saturated rings. The maximum absolute atomic E-state index is 14.1. The van der Waals surface area contributed by atoms with E-state index in [0.29, 0.717) is 0 Å². The second-order valence-electron chi connectivity index (χ2n) is 6.05. The van der Waals surface area contributed by atoms with Crippen molar-refractivity contribution in [3.63, 3.8) is 0 Å². The maximum atomic E-state index is 14.1. The van der Waals surface area contributed by atoms with Gasteiger partial charge in [-0.05, 0) is 54.3 Å². The summed E-state index contributed by atoms with van der Waals surface area (Å²) in [5, 5.41) is 0. The Morgan fingerprint density at radius 1 is 0.741 bits per heavy atom. The van der Waals surface area contributed by atoms with E-state index in [1.807, 2.05) is 24.3 Å². The molecule has 3 rings (SSSR count). The molecule has 0 saturated carbocycles. The predicted molar refractivity (Wildman–Crippen MR) is 105 cm³/mol. The summed E-state index contributed by atoms with van der Waals surface area (Å²) in [6.45, 7) is 4.11. The Kier molecular flexibility index (Phi) is 5.88. The maximum Gasteiger partial charge on any atom is 0.201 e. The first-order chi connectivity index (χ1) is 13.1. The van der Waals surface area contributed by atoms with Crippen LogP contribution in [-0.4, -0.2) is 6.61 Å². The largest absolute Gasteiger partial charge is 0.491 e. The monoisotopic (exact) mass is 362 g/mol. The molecular weight excluding hydrogens is 342 g/mol. The summed E-state index contributed by atoms with van der Waals surface area (Å²) >= 11 is 0. The van der Waals surface area contributed by atoms with Gasteiger partial charge in [-0.3, -0.25) is 0 Å². The number of benzene rings is 3. The molecule has 27 heavy (non-hydrogen) atoms. The molecule has 0 radical (unpaired) electrons.